The van der Waals surface area contributed by atoms with Crippen LogP contribution in [0.25, 0.3) is 0 Å². The molecule has 0 fully saturated rings. The molecule has 8 nitrogen and oxygen atoms in total. The van der Waals surface area contributed by atoms with Gasteiger partial charge in [-0.15, -0.1) is 0 Å². The molecule has 188 valence electrons. The minimum absolute atomic E-state index is 0.121. The zero-order valence-corrected chi connectivity index (χ0v) is 21.1. The number of nitrogens with zero attached hydrogens (tertiary/aromatic N) is 2. The Balaban J connectivity index is 1.86. The van der Waals surface area contributed by atoms with Crippen molar-refractivity contribution in [2.24, 2.45) is 16.5 Å². The van der Waals surface area contributed by atoms with Crippen LogP contribution in [0.15, 0.2) is 71.7 Å². The van der Waals surface area contributed by atoms with E-state index < -0.39 is 18.4 Å². The molecule has 36 heavy (non-hydrogen) atoms. The van der Waals surface area contributed by atoms with Gasteiger partial charge in [-0.3, -0.25) is 9.79 Å². The van der Waals surface area contributed by atoms with E-state index in [2.05, 4.69) is 5.32 Å². The molecule has 0 saturated heterocycles. The van der Waals surface area contributed by atoms with Crippen LogP contribution in [0.3, 0.4) is 0 Å². The molecule has 1 aliphatic heterocycles. The van der Waals surface area contributed by atoms with Gasteiger partial charge in [0.2, 0.25) is 5.91 Å². The monoisotopic (exact) mass is 506 g/mol. The standard InChI is InChI=1S/C27H31ClN6O2/c1-3-32-25(35)15-23-27(31)34(16(2)29)24-12-11-21(36-20-6-4-5-19(30)13-20)14-22(24)26(33-23)17-7-9-18(28)10-8-17/h4-14,16,23,27H,3,15,29-31H2,1-2H3,(H,32,35)/t16?,23-,27?/m0/s1. The van der Waals surface area contributed by atoms with E-state index in [1.54, 1.807) is 24.3 Å². The first-order valence-electron chi connectivity index (χ1n) is 11.8. The summed E-state index contributed by atoms with van der Waals surface area (Å²) < 4.78 is 6.11. The first-order chi connectivity index (χ1) is 17.3. The first kappa shape index (κ1) is 25.5. The molecule has 9 heteroatoms. The maximum atomic E-state index is 12.6. The van der Waals surface area contributed by atoms with Crippen LogP contribution in [-0.4, -0.2) is 36.5 Å². The summed E-state index contributed by atoms with van der Waals surface area (Å²) in [5.41, 5.74) is 22.7. The van der Waals surface area contributed by atoms with E-state index in [9.17, 15) is 4.79 Å². The number of nitrogens with one attached hydrogen (secondary N) is 1. The van der Waals surface area contributed by atoms with Gasteiger partial charge < -0.3 is 32.2 Å². The summed E-state index contributed by atoms with van der Waals surface area (Å²) in [6.07, 6.45) is -0.941. The molecule has 0 saturated carbocycles. The number of nitrogens with two attached hydrogens (primary N) is 3. The third kappa shape index (κ3) is 5.62. The number of fused-ring (bicyclic) bond motifs is 1. The number of hydrogen-bond acceptors (Lipinski definition) is 7. The first-order valence-corrected chi connectivity index (χ1v) is 12.2. The maximum Gasteiger partial charge on any atom is 0.222 e. The van der Waals surface area contributed by atoms with Crippen molar-refractivity contribution in [1.82, 2.24) is 5.32 Å². The van der Waals surface area contributed by atoms with Crippen LogP contribution in [0.1, 0.15) is 31.4 Å². The second-order valence-electron chi connectivity index (χ2n) is 8.70. The van der Waals surface area contributed by atoms with Gasteiger partial charge in [0.25, 0.3) is 0 Å². The lowest BCUT2D eigenvalue weighted by Gasteiger charge is -2.36. The zero-order chi connectivity index (χ0) is 25.8. The van der Waals surface area contributed by atoms with Crippen LogP contribution in [-0.2, 0) is 4.79 Å². The highest BCUT2D eigenvalue weighted by Crippen LogP contribution is 2.35. The number of halogens is 1. The summed E-state index contributed by atoms with van der Waals surface area (Å²) in [7, 11) is 0. The Morgan fingerprint density at radius 3 is 2.53 bits per heavy atom. The molecule has 1 heterocycles. The molecule has 0 aromatic heterocycles. The van der Waals surface area contributed by atoms with E-state index in [1.807, 2.05) is 61.2 Å². The Labute approximate surface area is 216 Å². The summed E-state index contributed by atoms with van der Waals surface area (Å²) >= 11 is 6.16. The van der Waals surface area contributed by atoms with Crippen LogP contribution < -0.4 is 32.2 Å². The fourth-order valence-corrected chi connectivity index (χ4v) is 4.45. The van der Waals surface area contributed by atoms with Gasteiger partial charge in [0, 0.05) is 40.1 Å². The van der Waals surface area contributed by atoms with E-state index in [0.29, 0.717) is 34.5 Å². The van der Waals surface area contributed by atoms with E-state index in [-0.39, 0.29) is 12.3 Å². The topological polar surface area (TPSA) is 132 Å². The second kappa shape index (κ2) is 11.0. The lowest BCUT2D eigenvalue weighted by molar-refractivity contribution is -0.121. The van der Waals surface area contributed by atoms with Gasteiger partial charge in [-0.05, 0) is 56.3 Å². The number of ether oxygens (including phenoxy) is 1. The largest absolute Gasteiger partial charge is 0.457 e. The molecule has 1 aliphatic rings. The van der Waals surface area contributed by atoms with E-state index >= 15 is 0 Å². The molecule has 0 aliphatic carbocycles. The van der Waals surface area contributed by atoms with Crippen molar-refractivity contribution in [2.75, 3.05) is 17.2 Å². The third-order valence-corrected chi connectivity index (χ3v) is 6.18. The minimum Gasteiger partial charge on any atom is -0.457 e. The molecule has 1 amide bonds. The predicted octanol–water partition coefficient (Wildman–Crippen LogP) is 3.86. The van der Waals surface area contributed by atoms with Crippen molar-refractivity contribution < 1.29 is 9.53 Å². The van der Waals surface area contributed by atoms with Crippen molar-refractivity contribution in [3.05, 3.63) is 82.9 Å². The molecule has 3 aromatic carbocycles. The molecule has 4 rings (SSSR count). The number of carbonyl (C=O) groups excluding carboxylic acids is 1. The molecular formula is C27H31ClN6O2. The SMILES string of the molecule is CCNC(=O)C[C@@H]1N=C(c2ccc(Cl)cc2)c2cc(Oc3cccc(N)c3)ccc2N(C(C)N)C1N. The van der Waals surface area contributed by atoms with E-state index in [0.717, 1.165) is 16.8 Å². The van der Waals surface area contributed by atoms with Crippen molar-refractivity contribution in [1.29, 1.82) is 0 Å². The van der Waals surface area contributed by atoms with Gasteiger partial charge in [-0.25, -0.2) is 0 Å². The van der Waals surface area contributed by atoms with Gasteiger partial charge >= 0.3 is 0 Å². The van der Waals surface area contributed by atoms with Gasteiger partial charge in [0.1, 0.15) is 17.7 Å². The Hall–Kier alpha value is -3.59. The van der Waals surface area contributed by atoms with Crippen LogP contribution in [0.4, 0.5) is 11.4 Å². The van der Waals surface area contributed by atoms with Crippen molar-refractivity contribution in [2.45, 2.75) is 38.6 Å². The fourth-order valence-electron chi connectivity index (χ4n) is 4.32. The zero-order valence-electron chi connectivity index (χ0n) is 20.3. The summed E-state index contributed by atoms with van der Waals surface area (Å²) in [6, 6.07) is 19.8. The number of amides is 1. The summed E-state index contributed by atoms with van der Waals surface area (Å²) in [6.45, 7) is 4.26. The average molecular weight is 507 g/mol. The van der Waals surface area contributed by atoms with Crippen molar-refractivity contribution in [3.63, 3.8) is 0 Å². The van der Waals surface area contributed by atoms with Gasteiger partial charge in [-0.2, -0.15) is 0 Å². The highest BCUT2D eigenvalue weighted by atomic mass is 35.5. The number of anilines is 2. The molecule has 3 atom stereocenters. The van der Waals surface area contributed by atoms with E-state index in [4.69, 9.17) is 38.5 Å². The summed E-state index contributed by atoms with van der Waals surface area (Å²) in [5.74, 6) is 1.09. The van der Waals surface area contributed by atoms with Crippen LogP contribution in [0.5, 0.6) is 11.5 Å². The summed E-state index contributed by atoms with van der Waals surface area (Å²) in [5, 5.41) is 3.45. The molecular weight excluding hydrogens is 476 g/mol. The Morgan fingerprint density at radius 1 is 1.14 bits per heavy atom. The number of benzodiazepines with no additional fused rings is 1. The number of carbonyl (C=O) groups is 1. The van der Waals surface area contributed by atoms with Crippen molar-refractivity contribution in [3.8, 4) is 11.5 Å². The average Bonchev–Trinajstić information content (AvgIpc) is 2.94. The normalized spacial score (nSPS) is 18.0. The molecule has 0 spiro atoms. The quantitative estimate of drug-likeness (QED) is 0.360. The van der Waals surface area contributed by atoms with Gasteiger partial charge in [0.15, 0.2) is 0 Å². The molecule has 7 N–H and O–H groups in total. The Bertz CT molecular complexity index is 1260. The Morgan fingerprint density at radius 2 is 1.86 bits per heavy atom. The maximum absolute atomic E-state index is 12.6. The fraction of sp³-hybridized carbons (Fsp3) is 0.259. The highest BCUT2D eigenvalue weighted by molar-refractivity contribution is 6.30. The predicted molar refractivity (Wildman–Crippen MR) is 146 cm³/mol. The highest BCUT2D eigenvalue weighted by Gasteiger charge is 2.34. The number of nitrogen functional groups attached to an aromatic ring is 1. The smallest absolute Gasteiger partial charge is 0.222 e. The van der Waals surface area contributed by atoms with E-state index in [1.165, 1.54) is 0 Å². The number of aliphatic imine (C=N–C) groups is 1. The second-order valence-corrected chi connectivity index (χ2v) is 9.14. The number of hydrogen-bond donors (Lipinski definition) is 4. The summed E-state index contributed by atoms with van der Waals surface area (Å²) in [4.78, 5) is 19.5. The number of rotatable bonds is 7. The Kier molecular flexibility index (Phi) is 7.79. The molecule has 2 unspecified atom stereocenters. The minimum atomic E-state index is -0.628. The molecule has 0 radical (unpaired) electrons. The molecule has 0 bridgehead atoms. The van der Waals surface area contributed by atoms with Gasteiger partial charge in [0.05, 0.1) is 24.3 Å². The van der Waals surface area contributed by atoms with Crippen molar-refractivity contribution >= 4 is 34.6 Å². The number of benzene rings is 3. The van der Waals surface area contributed by atoms with Crippen LogP contribution >= 0.6 is 11.6 Å². The van der Waals surface area contributed by atoms with Crippen LogP contribution in [0.2, 0.25) is 5.02 Å². The lowest BCUT2D eigenvalue weighted by atomic mass is 9.99. The third-order valence-electron chi connectivity index (χ3n) is 5.93. The van der Waals surface area contributed by atoms with Crippen LogP contribution in [0, 0.1) is 0 Å². The molecule has 3 aromatic rings. The lowest BCUT2D eigenvalue weighted by Crippen LogP contribution is -2.56. The van der Waals surface area contributed by atoms with Gasteiger partial charge in [-0.1, -0.05) is 29.8 Å².